The van der Waals surface area contributed by atoms with Crippen LogP contribution in [0, 0.1) is 0 Å². The largest absolute Gasteiger partial charge is 0.352 e. The van der Waals surface area contributed by atoms with Crippen molar-refractivity contribution in [1.29, 1.82) is 0 Å². The van der Waals surface area contributed by atoms with Gasteiger partial charge in [-0.2, -0.15) is 11.8 Å². The topological polar surface area (TPSA) is 77.1 Å². The number of thioether (sulfide) groups is 1. The van der Waals surface area contributed by atoms with Crippen LogP contribution in [0.1, 0.15) is 31.9 Å². The minimum Gasteiger partial charge on any atom is -0.352 e. The third-order valence-corrected chi connectivity index (χ3v) is 6.43. The Balaban J connectivity index is 2.04. The van der Waals surface area contributed by atoms with Crippen molar-refractivity contribution in [3.05, 3.63) is 18.0 Å². The lowest BCUT2D eigenvalue weighted by molar-refractivity contribution is 0.552. The average Bonchev–Trinajstić information content (AvgIpc) is 2.96. The lowest BCUT2D eigenvalue weighted by Crippen LogP contribution is -2.33. The van der Waals surface area contributed by atoms with Gasteiger partial charge in [-0.15, -0.1) is 0 Å². The van der Waals surface area contributed by atoms with E-state index in [0.717, 1.165) is 30.7 Å². The predicted molar refractivity (Wildman–Crippen MR) is 83.2 cm³/mol. The molecule has 0 bridgehead atoms. The summed E-state index contributed by atoms with van der Waals surface area (Å²) >= 11 is 1.92. The van der Waals surface area contributed by atoms with Crippen LogP contribution in [0.15, 0.2) is 17.2 Å². The molecule has 1 aromatic heterocycles. The van der Waals surface area contributed by atoms with Crippen LogP contribution in [0.25, 0.3) is 0 Å². The summed E-state index contributed by atoms with van der Waals surface area (Å²) in [6.45, 7) is 2.48. The van der Waals surface area contributed by atoms with Crippen LogP contribution in [0.5, 0.6) is 0 Å². The summed E-state index contributed by atoms with van der Waals surface area (Å²) < 4.78 is 29.3. The number of hydrogen-bond donors (Lipinski definition) is 2. The van der Waals surface area contributed by atoms with Gasteiger partial charge in [0.25, 0.3) is 0 Å². The smallest absolute Gasteiger partial charge is 0.242 e. The Labute approximate surface area is 125 Å². The summed E-state index contributed by atoms with van der Waals surface area (Å²) in [7, 11) is -1.62. The summed E-state index contributed by atoms with van der Waals surface area (Å²) in [6, 6.07) is 1.71. The first-order valence-electron chi connectivity index (χ1n) is 6.95. The molecular weight excluding hydrogens is 294 g/mol. The molecule has 3 N–H and O–H groups in total. The van der Waals surface area contributed by atoms with E-state index < -0.39 is 10.0 Å². The maximum absolute atomic E-state index is 12.4. The van der Waals surface area contributed by atoms with Gasteiger partial charge in [0.15, 0.2) is 0 Å². The van der Waals surface area contributed by atoms with Crippen molar-refractivity contribution >= 4 is 21.8 Å². The Hall–Kier alpha value is -0.500. The van der Waals surface area contributed by atoms with Gasteiger partial charge in [0.05, 0.1) is 4.90 Å². The Morgan fingerprint density at radius 1 is 1.50 bits per heavy atom. The number of sulfonamides is 1. The van der Waals surface area contributed by atoms with Gasteiger partial charge < -0.3 is 10.3 Å². The molecule has 1 aromatic rings. The van der Waals surface area contributed by atoms with Crippen molar-refractivity contribution in [1.82, 2.24) is 9.29 Å². The van der Waals surface area contributed by atoms with Gasteiger partial charge in [-0.1, -0.05) is 6.92 Å². The maximum atomic E-state index is 12.4. The molecule has 0 aromatic carbocycles. The number of aromatic nitrogens is 1. The van der Waals surface area contributed by atoms with Gasteiger partial charge in [0.2, 0.25) is 10.0 Å². The molecule has 114 valence electrons. The molecule has 0 spiro atoms. The van der Waals surface area contributed by atoms with Crippen LogP contribution in [0.3, 0.4) is 0 Å². The van der Waals surface area contributed by atoms with Crippen molar-refractivity contribution in [3.8, 4) is 0 Å². The second-order valence-corrected chi connectivity index (χ2v) is 8.48. The fourth-order valence-electron chi connectivity index (χ4n) is 2.65. The molecule has 1 heterocycles. The van der Waals surface area contributed by atoms with Gasteiger partial charge in [-0.3, -0.25) is 0 Å². The van der Waals surface area contributed by atoms with Crippen LogP contribution in [-0.4, -0.2) is 30.0 Å². The SMILES string of the molecule is CCSC1CCC(NS(=O)(=O)c2cc(CN)n(C)c2)C1. The maximum Gasteiger partial charge on any atom is 0.242 e. The normalized spacial score (nSPS) is 23.4. The second kappa shape index (κ2) is 6.51. The van der Waals surface area contributed by atoms with E-state index in [4.69, 9.17) is 5.73 Å². The van der Waals surface area contributed by atoms with Crippen LogP contribution < -0.4 is 10.5 Å². The summed E-state index contributed by atoms with van der Waals surface area (Å²) in [5, 5.41) is 0.586. The third kappa shape index (κ3) is 3.58. The van der Waals surface area contributed by atoms with Gasteiger partial charge in [-0.05, 0) is 31.1 Å². The quantitative estimate of drug-likeness (QED) is 0.832. The van der Waals surface area contributed by atoms with Crippen molar-refractivity contribution < 1.29 is 8.42 Å². The Kier molecular flexibility index (Phi) is 5.17. The first-order chi connectivity index (χ1) is 9.46. The van der Waals surface area contributed by atoms with Gasteiger partial charge in [0.1, 0.15) is 0 Å². The molecule has 1 fully saturated rings. The van der Waals surface area contributed by atoms with Crippen LogP contribution in [0.2, 0.25) is 0 Å². The van der Waals surface area contributed by atoms with Crippen LogP contribution >= 0.6 is 11.8 Å². The van der Waals surface area contributed by atoms with E-state index in [-0.39, 0.29) is 6.04 Å². The predicted octanol–water partition coefficient (Wildman–Crippen LogP) is 1.44. The Bertz CT molecular complexity index is 554. The zero-order valence-electron chi connectivity index (χ0n) is 12.0. The van der Waals surface area contributed by atoms with Crippen molar-refractivity contribution in [2.24, 2.45) is 12.8 Å². The summed E-state index contributed by atoms with van der Waals surface area (Å²) in [5.74, 6) is 1.09. The summed E-state index contributed by atoms with van der Waals surface area (Å²) in [6.07, 6.45) is 4.56. The number of nitrogens with one attached hydrogen (secondary N) is 1. The van der Waals surface area contributed by atoms with E-state index in [1.807, 2.05) is 18.8 Å². The molecule has 7 heteroatoms. The summed E-state index contributed by atoms with van der Waals surface area (Å²) in [4.78, 5) is 0.312. The molecule has 0 amide bonds. The van der Waals surface area contributed by atoms with Crippen molar-refractivity contribution in [2.45, 2.75) is 48.9 Å². The summed E-state index contributed by atoms with van der Waals surface area (Å²) in [5.41, 5.74) is 6.40. The van der Waals surface area contributed by atoms with Gasteiger partial charge in [0, 0.05) is 36.8 Å². The standard InChI is InChI=1S/C13H23N3O2S2/c1-3-19-12-5-4-10(6-12)15-20(17,18)13-7-11(8-14)16(2)9-13/h7,9-10,12,15H,3-6,8,14H2,1-2H3. The highest BCUT2D eigenvalue weighted by atomic mass is 32.2. The first kappa shape index (κ1) is 15.9. The van der Waals surface area contributed by atoms with E-state index in [1.165, 1.54) is 0 Å². The minimum absolute atomic E-state index is 0.0607. The van der Waals surface area contributed by atoms with E-state index in [1.54, 1.807) is 16.8 Å². The molecule has 1 aliphatic rings. The molecule has 1 aliphatic carbocycles. The minimum atomic E-state index is -3.43. The highest BCUT2D eigenvalue weighted by Crippen LogP contribution is 2.30. The van der Waals surface area contributed by atoms with Crippen molar-refractivity contribution in [2.75, 3.05) is 5.75 Å². The van der Waals surface area contributed by atoms with E-state index >= 15 is 0 Å². The number of hydrogen-bond acceptors (Lipinski definition) is 4. The molecule has 2 atom stereocenters. The fourth-order valence-corrected chi connectivity index (χ4v) is 5.17. The van der Waals surface area contributed by atoms with Gasteiger partial charge in [-0.25, -0.2) is 13.1 Å². The molecule has 1 saturated carbocycles. The van der Waals surface area contributed by atoms with Gasteiger partial charge >= 0.3 is 0 Å². The molecular formula is C13H23N3O2S2. The highest BCUT2D eigenvalue weighted by Gasteiger charge is 2.29. The molecule has 20 heavy (non-hydrogen) atoms. The lowest BCUT2D eigenvalue weighted by Gasteiger charge is -2.12. The number of nitrogens with zero attached hydrogens (tertiary/aromatic N) is 1. The molecule has 0 saturated heterocycles. The van der Waals surface area contributed by atoms with E-state index in [0.29, 0.717) is 16.7 Å². The molecule has 2 unspecified atom stereocenters. The number of nitrogens with two attached hydrogens (primary N) is 1. The molecule has 0 radical (unpaired) electrons. The molecule has 2 rings (SSSR count). The van der Waals surface area contributed by atoms with E-state index in [2.05, 4.69) is 11.6 Å². The average molecular weight is 317 g/mol. The Morgan fingerprint density at radius 3 is 2.85 bits per heavy atom. The fraction of sp³-hybridized carbons (Fsp3) is 0.692. The molecule has 5 nitrogen and oxygen atoms in total. The van der Waals surface area contributed by atoms with E-state index in [9.17, 15) is 8.42 Å². The third-order valence-electron chi connectivity index (χ3n) is 3.71. The zero-order chi connectivity index (χ0) is 14.8. The monoisotopic (exact) mass is 317 g/mol. The second-order valence-electron chi connectivity index (χ2n) is 5.19. The lowest BCUT2D eigenvalue weighted by atomic mass is 10.3. The van der Waals surface area contributed by atoms with Crippen LogP contribution in [-0.2, 0) is 23.6 Å². The first-order valence-corrected chi connectivity index (χ1v) is 9.48. The Morgan fingerprint density at radius 2 is 2.25 bits per heavy atom. The highest BCUT2D eigenvalue weighted by molar-refractivity contribution is 7.99. The number of rotatable bonds is 6. The molecule has 0 aliphatic heterocycles. The zero-order valence-corrected chi connectivity index (χ0v) is 13.6. The number of aryl methyl sites for hydroxylation is 1. The van der Waals surface area contributed by atoms with Crippen LogP contribution in [0.4, 0.5) is 0 Å². The van der Waals surface area contributed by atoms with Crippen molar-refractivity contribution in [3.63, 3.8) is 0 Å².